The molecule has 4 nitrogen and oxygen atoms in total. The number of hydrogen-bond acceptors (Lipinski definition) is 4. The van der Waals surface area contributed by atoms with E-state index in [1.54, 1.807) is 0 Å². The van der Waals surface area contributed by atoms with Crippen LogP contribution in [0.4, 0.5) is 0 Å². The van der Waals surface area contributed by atoms with E-state index < -0.39 is 11.8 Å². The molecule has 0 bridgehead atoms. The van der Waals surface area contributed by atoms with E-state index in [0.29, 0.717) is 6.54 Å². The number of carbonyl (C=O) groups is 1. The molecule has 20 heavy (non-hydrogen) atoms. The molecule has 1 aromatic carbocycles. The molecule has 0 amide bonds. The van der Waals surface area contributed by atoms with E-state index in [1.165, 1.54) is 5.56 Å². The third-order valence-electron chi connectivity index (χ3n) is 2.65. The van der Waals surface area contributed by atoms with E-state index in [-0.39, 0.29) is 12.4 Å². The van der Waals surface area contributed by atoms with Crippen LogP contribution in [0.2, 0.25) is 0 Å². The number of hydrogen-bond donors (Lipinski definition) is 2. The van der Waals surface area contributed by atoms with Gasteiger partial charge in [0.2, 0.25) is 0 Å². The van der Waals surface area contributed by atoms with Crippen LogP contribution in [0.3, 0.4) is 0 Å². The lowest BCUT2D eigenvalue weighted by Gasteiger charge is -2.21. The maximum absolute atomic E-state index is 11.5. The summed E-state index contributed by atoms with van der Waals surface area (Å²) in [6.45, 7) is 6.10. The van der Waals surface area contributed by atoms with Crippen molar-refractivity contribution >= 4 is 5.97 Å². The van der Waals surface area contributed by atoms with Crippen molar-refractivity contribution in [1.29, 1.82) is 0 Å². The highest BCUT2D eigenvalue weighted by atomic mass is 16.6. The first-order valence-electron chi connectivity index (χ1n) is 7.04. The van der Waals surface area contributed by atoms with Gasteiger partial charge in [-0.25, -0.2) is 0 Å². The van der Waals surface area contributed by atoms with Gasteiger partial charge in [-0.2, -0.15) is 0 Å². The van der Waals surface area contributed by atoms with E-state index in [9.17, 15) is 9.90 Å². The summed E-state index contributed by atoms with van der Waals surface area (Å²) in [5.74, 6) is -0.388. The lowest BCUT2D eigenvalue weighted by Crippen LogP contribution is -2.34. The molecule has 0 aromatic heterocycles. The Bertz CT molecular complexity index is 398. The lowest BCUT2D eigenvalue weighted by atomic mass is 10.1. The Morgan fingerprint density at radius 1 is 1.30 bits per heavy atom. The van der Waals surface area contributed by atoms with E-state index in [2.05, 4.69) is 17.4 Å². The summed E-state index contributed by atoms with van der Waals surface area (Å²) in [5, 5.41) is 12.6. The van der Waals surface area contributed by atoms with Crippen molar-refractivity contribution in [3.05, 3.63) is 35.9 Å². The summed E-state index contributed by atoms with van der Waals surface area (Å²) in [7, 11) is 0. The largest absolute Gasteiger partial charge is 0.460 e. The molecule has 0 aliphatic rings. The van der Waals surface area contributed by atoms with E-state index in [1.807, 2.05) is 39.0 Å². The number of aliphatic hydroxyl groups excluding tert-OH is 1. The molecule has 1 unspecified atom stereocenters. The maximum atomic E-state index is 11.5. The van der Waals surface area contributed by atoms with E-state index in [4.69, 9.17) is 4.74 Å². The smallest absolute Gasteiger partial charge is 0.310 e. The topological polar surface area (TPSA) is 58.6 Å². The van der Waals surface area contributed by atoms with Gasteiger partial charge in [0.25, 0.3) is 0 Å². The van der Waals surface area contributed by atoms with E-state index in [0.717, 1.165) is 12.8 Å². The zero-order valence-electron chi connectivity index (χ0n) is 12.6. The first-order chi connectivity index (χ1) is 9.37. The van der Waals surface area contributed by atoms with Gasteiger partial charge < -0.3 is 9.84 Å². The summed E-state index contributed by atoms with van der Waals surface area (Å²) in [4.78, 5) is 11.5. The second-order valence-corrected chi connectivity index (χ2v) is 5.85. The fourth-order valence-electron chi connectivity index (χ4n) is 1.82. The summed E-state index contributed by atoms with van der Waals surface area (Å²) in [6, 6.07) is 10.2. The zero-order chi connectivity index (χ0) is 15.0. The molecule has 0 aliphatic carbocycles. The number of rotatable bonds is 7. The van der Waals surface area contributed by atoms with Crippen LogP contribution >= 0.6 is 0 Å². The quantitative estimate of drug-likeness (QED) is 0.456. The molecule has 2 N–H and O–H groups in total. The lowest BCUT2D eigenvalue weighted by molar-refractivity contribution is -0.157. The fraction of sp³-hybridized carbons (Fsp3) is 0.562. The molecule has 4 heteroatoms. The number of benzene rings is 1. The van der Waals surface area contributed by atoms with Gasteiger partial charge in [0.15, 0.2) is 0 Å². The highest BCUT2D eigenvalue weighted by Crippen LogP contribution is 2.09. The molecule has 0 aliphatic heterocycles. The Kier molecular flexibility index (Phi) is 6.68. The average molecular weight is 279 g/mol. The molecule has 0 spiro atoms. The molecular weight excluding hydrogens is 254 g/mol. The first kappa shape index (κ1) is 16.7. The van der Waals surface area contributed by atoms with Gasteiger partial charge in [-0.1, -0.05) is 30.3 Å². The summed E-state index contributed by atoms with van der Waals surface area (Å²) in [5.41, 5.74) is 0.764. The first-order valence-corrected chi connectivity index (χ1v) is 7.04. The van der Waals surface area contributed by atoms with Crippen LogP contribution in [0.1, 0.15) is 39.2 Å². The maximum Gasteiger partial charge on any atom is 0.310 e. The van der Waals surface area contributed by atoms with Crippen LogP contribution in [0.5, 0.6) is 0 Å². The number of carbonyl (C=O) groups excluding carboxylic acids is 1. The summed E-state index contributed by atoms with van der Waals surface area (Å²) < 4.78 is 5.15. The van der Waals surface area contributed by atoms with Crippen molar-refractivity contribution in [3.63, 3.8) is 0 Å². The summed E-state index contributed by atoms with van der Waals surface area (Å²) >= 11 is 0. The Morgan fingerprint density at radius 3 is 2.55 bits per heavy atom. The van der Waals surface area contributed by atoms with Crippen LogP contribution in [0.15, 0.2) is 30.3 Å². The normalized spacial score (nSPS) is 13.0. The van der Waals surface area contributed by atoms with Crippen LogP contribution in [0.25, 0.3) is 0 Å². The number of esters is 1. The van der Waals surface area contributed by atoms with Crippen molar-refractivity contribution in [2.24, 2.45) is 0 Å². The molecule has 1 rings (SSSR count). The molecule has 0 heterocycles. The Balaban J connectivity index is 2.14. The summed E-state index contributed by atoms with van der Waals surface area (Å²) in [6.07, 6.45) is 0.992. The van der Waals surface area contributed by atoms with Crippen molar-refractivity contribution < 1.29 is 14.6 Å². The molecular formula is C16H25NO3. The van der Waals surface area contributed by atoms with Gasteiger partial charge >= 0.3 is 5.97 Å². The number of ether oxygens (including phenoxy) is 1. The minimum atomic E-state index is -0.847. The third kappa shape index (κ3) is 7.92. The Morgan fingerprint density at radius 2 is 1.95 bits per heavy atom. The second-order valence-electron chi connectivity index (χ2n) is 5.85. The van der Waals surface area contributed by atoms with Crippen LogP contribution in [-0.4, -0.2) is 29.4 Å². The monoisotopic (exact) mass is 279 g/mol. The van der Waals surface area contributed by atoms with Crippen molar-refractivity contribution in [2.75, 3.05) is 6.54 Å². The van der Waals surface area contributed by atoms with E-state index >= 15 is 0 Å². The second kappa shape index (κ2) is 8.02. The Hall–Kier alpha value is -1.39. The number of nitrogens with one attached hydrogen (secondary N) is 1. The van der Waals surface area contributed by atoms with Crippen molar-refractivity contribution in [1.82, 2.24) is 5.32 Å². The standard InChI is InChI=1S/C16H25NO3/c1-16(2,3)20-15(19)12-14(18)17-11-7-10-13-8-5-4-6-9-13/h4-6,8-9,14,17-18H,7,10-12H2,1-3H3. The third-order valence-corrected chi connectivity index (χ3v) is 2.65. The van der Waals surface area contributed by atoms with Gasteiger partial charge in [0, 0.05) is 0 Å². The molecule has 1 atom stereocenters. The predicted molar refractivity (Wildman–Crippen MR) is 79.2 cm³/mol. The SMILES string of the molecule is CC(C)(C)OC(=O)CC(O)NCCCc1ccccc1. The molecule has 0 saturated heterocycles. The van der Waals surface area contributed by atoms with Gasteiger partial charge in [-0.05, 0) is 45.7 Å². The molecule has 0 fully saturated rings. The highest BCUT2D eigenvalue weighted by molar-refractivity contribution is 5.70. The zero-order valence-corrected chi connectivity index (χ0v) is 12.6. The molecule has 0 radical (unpaired) electrons. The highest BCUT2D eigenvalue weighted by Gasteiger charge is 2.18. The molecule has 0 saturated carbocycles. The average Bonchev–Trinajstić information content (AvgIpc) is 2.33. The minimum absolute atomic E-state index is 0.0252. The molecule has 112 valence electrons. The van der Waals surface area contributed by atoms with Crippen LogP contribution in [0, 0.1) is 0 Å². The van der Waals surface area contributed by atoms with Gasteiger partial charge in [-0.3, -0.25) is 10.1 Å². The van der Waals surface area contributed by atoms with Gasteiger partial charge in [0.05, 0.1) is 6.42 Å². The molecule has 1 aromatic rings. The number of aryl methyl sites for hydroxylation is 1. The fourth-order valence-corrected chi connectivity index (χ4v) is 1.82. The minimum Gasteiger partial charge on any atom is -0.460 e. The Labute approximate surface area is 121 Å². The van der Waals surface area contributed by atoms with Crippen molar-refractivity contribution in [3.8, 4) is 0 Å². The predicted octanol–water partition coefficient (Wildman–Crippen LogP) is 2.26. The van der Waals surface area contributed by atoms with Gasteiger partial charge in [0.1, 0.15) is 11.8 Å². The van der Waals surface area contributed by atoms with Crippen molar-refractivity contribution in [2.45, 2.75) is 51.9 Å². The number of aliphatic hydroxyl groups is 1. The van der Waals surface area contributed by atoms with Crippen LogP contribution in [-0.2, 0) is 16.0 Å². The van der Waals surface area contributed by atoms with Crippen LogP contribution < -0.4 is 5.32 Å². The van der Waals surface area contributed by atoms with Gasteiger partial charge in [-0.15, -0.1) is 0 Å².